The van der Waals surface area contributed by atoms with Crippen LogP contribution in [0.2, 0.25) is 0 Å². The summed E-state index contributed by atoms with van der Waals surface area (Å²) in [5, 5.41) is 6.46. The van der Waals surface area contributed by atoms with Crippen LogP contribution in [0.25, 0.3) is 10.9 Å². The molecule has 1 aliphatic carbocycles. The molecule has 2 heterocycles. The van der Waals surface area contributed by atoms with Crippen molar-refractivity contribution < 1.29 is 23.5 Å². The summed E-state index contributed by atoms with van der Waals surface area (Å²) in [6.45, 7) is 1.53. The first-order valence-electron chi connectivity index (χ1n) is 12.6. The number of benzene rings is 3. The van der Waals surface area contributed by atoms with Gasteiger partial charge in [-0.1, -0.05) is 6.07 Å². The average Bonchev–Trinajstić information content (AvgIpc) is 3.57. The molecule has 0 spiro atoms. The normalized spacial score (nSPS) is 17.7. The highest BCUT2D eigenvalue weighted by Crippen LogP contribution is 2.47. The van der Waals surface area contributed by atoms with Gasteiger partial charge in [-0.2, -0.15) is 0 Å². The van der Waals surface area contributed by atoms with Crippen molar-refractivity contribution in [3.05, 3.63) is 90.4 Å². The third kappa shape index (κ3) is 4.82. The molecule has 2 aliphatic rings. The van der Waals surface area contributed by atoms with E-state index in [4.69, 9.17) is 9.47 Å². The molecule has 2 fully saturated rings. The summed E-state index contributed by atoms with van der Waals surface area (Å²) in [6, 6.07) is 20.5. The van der Waals surface area contributed by atoms with Crippen LogP contribution >= 0.6 is 0 Å². The number of nitrogens with one attached hydrogen (secondary N) is 2. The van der Waals surface area contributed by atoms with Gasteiger partial charge in [0.25, 0.3) is 0 Å². The number of nitrogens with zero attached hydrogens (tertiary/aromatic N) is 1. The molecule has 0 radical (unpaired) electrons. The highest BCUT2D eigenvalue weighted by atomic mass is 19.1. The predicted molar refractivity (Wildman–Crippen MR) is 142 cm³/mol. The van der Waals surface area contributed by atoms with Crippen molar-refractivity contribution in [3.8, 4) is 11.5 Å². The summed E-state index contributed by atoms with van der Waals surface area (Å²) in [5.74, 6) is 0.547. The lowest BCUT2D eigenvalue weighted by Gasteiger charge is -2.16. The van der Waals surface area contributed by atoms with E-state index >= 15 is 0 Å². The van der Waals surface area contributed by atoms with Crippen molar-refractivity contribution >= 4 is 34.1 Å². The minimum atomic E-state index is -1.12. The van der Waals surface area contributed by atoms with Gasteiger partial charge < -0.3 is 20.1 Å². The van der Waals surface area contributed by atoms with Gasteiger partial charge in [0.2, 0.25) is 11.8 Å². The van der Waals surface area contributed by atoms with E-state index in [2.05, 4.69) is 27.8 Å². The maximum absolute atomic E-state index is 13.1. The number of amides is 2. The van der Waals surface area contributed by atoms with Crippen molar-refractivity contribution in [1.29, 1.82) is 0 Å². The maximum Gasteiger partial charge on any atom is 0.240 e. The molecule has 2 amide bonds. The number of halogens is 1. The van der Waals surface area contributed by atoms with Crippen LogP contribution in [0.3, 0.4) is 0 Å². The zero-order valence-corrected chi connectivity index (χ0v) is 20.6. The fourth-order valence-electron chi connectivity index (χ4n) is 4.73. The Morgan fingerprint density at radius 2 is 1.61 bits per heavy atom. The molecule has 0 bridgehead atoms. The lowest BCUT2D eigenvalue weighted by molar-refractivity contribution is -0.131. The van der Waals surface area contributed by atoms with Crippen LogP contribution in [0, 0.1) is 11.2 Å². The summed E-state index contributed by atoms with van der Waals surface area (Å²) in [4.78, 5) is 30.2. The van der Waals surface area contributed by atoms with Crippen molar-refractivity contribution in [2.24, 2.45) is 5.41 Å². The summed E-state index contributed by atoms with van der Waals surface area (Å²) in [5.41, 5.74) is 1.97. The summed E-state index contributed by atoms with van der Waals surface area (Å²) < 4.78 is 24.8. The Morgan fingerprint density at radius 3 is 2.24 bits per heavy atom. The number of rotatable bonds is 7. The zero-order valence-electron chi connectivity index (χ0n) is 20.6. The molecule has 6 rings (SSSR count). The number of hydrogen-bond donors (Lipinski definition) is 2. The molecule has 1 saturated heterocycles. The molecule has 2 N–H and O–H groups in total. The molecule has 1 unspecified atom stereocenters. The minimum Gasteiger partial charge on any atom is -0.457 e. The lowest BCUT2D eigenvalue weighted by Crippen LogP contribution is -2.35. The molecular formula is C30H26FN3O4. The SMILES string of the molecule is O=C(Nc1ccc(F)cc1)C1(C(=O)Nc2ccc(Oc3ccnc4cc(C5CCOC5)ccc34)cc2)CC1. The van der Waals surface area contributed by atoms with Crippen molar-refractivity contribution in [2.75, 3.05) is 23.8 Å². The maximum atomic E-state index is 13.1. The molecule has 192 valence electrons. The summed E-state index contributed by atoms with van der Waals surface area (Å²) in [7, 11) is 0. The highest BCUT2D eigenvalue weighted by Gasteiger charge is 2.56. The van der Waals surface area contributed by atoms with Gasteiger partial charge in [0.05, 0.1) is 12.1 Å². The van der Waals surface area contributed by atoms with Gasteiger partial charge in [-0.05, 0) is 91.6 Å². The van der Waals surface area contributed by atoms with Gasteiger partial charge >= 0.3 is 0 Å². The van der Waals surface area contributed by atoms with E-state index in [-0.39, 0.29) is 5.91 Å². The van der Waals surface area contributed by atoms with Gasteiger partial charge in [-0.3, -0.25) is 14.6 Å². The van der Waals surface area contributed by atoms with Crippen LogP contribution < -0.4 is 15.4 Å². The zero-order chi connectivity index (χ0) is 26.1. The molecule has 4 aromatic rings. The van der Waals surface area contributed by atoms with Crippen LogP contribution in [0.15, 0.2) is 79.0 Å². The molecular weight excluding hydrogens is 485 g/mol. The first kappa shape index (κ1) is 24.1. The number of pyridine rings is 1. The van der Waals surface area contributed by atoms with E-state index in [0.29, 0.717) is 41.6 Å². The van der Waals surface area contributed by atoms with Crippen LogP contribution in [0.5, 0.6) is 11.5 Å². The van der Waals surface area contributed by atoms with Crippen molar-refractivity contribution in [2.45, 2.75) is 25.2 Å². The van der Waals surface area contributed by atoms with Crippen LogP contribution in [-0.4, -0.2) is 30.0 Å². The van der Waals surface area contributed by atoms with E-state index in [1.165, 1.54) is 29.8 Å². The molecule has 1 saturated carbocycles. The van der Waals surface area contributed by atoms with Crippen LogP contribution in [0.4, 0.5) is 15.8 Å². The van der Waals surface area contributed by atoms with Crippen LogP contribution in [-0.2, 0) is 14.3 Å². The Balaban J connectivity index is 1.11. The Morgan fingerprint density at radius 1 is 0.921 bits per heavy atom. The fourth-order valence-corrected chi connectivity index (χ4v) is 4.73. The second kappa shape index (κ2) is 9.87. The third-order valence-electron chi connectivity index (χ3n) is 7.19. The smallest absolute Gasteiger partial charge is 0.240 e. The van der Waals surface area contributed by atoms with Gasteiger partial charge in [-0.25, -0.2) is 4.39 Å². The Labute approximate surface area is 219 Å². The monoisotopic (exact) mass is 511 g/mol. The van der Waals surface area contributed by atoms with Crippen LogP contribution in [0.1, 0.15) is 30.7 Å². The number of hydrogen-bond acceptors (Lipinski definition) is 5. The van der Waals surface area contributed by atoms with Crippen molar-refractivity contribution in [1.82, 2.24) is 4.98 Å². The lowest BCUT2D eigenvalue weighted by atomic mass is 9.97. The summed E-state index contributed by atoms with van der Waals surface area (Å²) >= 11 is 0. The third-order valence-corrected chi connectivity index (χ3v) is 7.19. The topological polar surface area (TPSA) is 89.6 Å². The first-order valence-corrected chi connectivity index (χ1v) is 12.6. The van der Waals surface area contributed by atoms with Crippen molar-refractivity contribution in [3.63, 3.8) is 0 Å². The fraction of sp³-hybridized carbons (Fsp3) is 0.233. The number of anilines is 2. The highest BCUT2D eigenvalue weighted by molar-refractivity contribution is 6.16. The molecule has 38 heavy (non-hydrogen) atoms. The van der Waals surface area contributed by atoms with E-state index < -0.39 is 17.1 Å². The van der Waals surface area contributed by atoms with E-state index in [9.17, 15) is 14.0 Å². The molecule has 1 aromatic heterocycles. The van der Waals surface area contributed by atoms with Gasteiger partial charge in [0.1, 0.15) is 22.7 Å². The largest absolute Gasteiger partial charge is 0.457 e. The molecule has 1 aliphatic heterocycles. The van der Waals surface area contributed by atoms with E-state index in [1.807, 2.05) is 12.1 Å². The average molecular weight is 512 g/mol. The van der Waals surface area contributed by atoms with Gasteiger partial charge in [-0.15, -0.1) is 0 Å². The molecule has 8 heteroatoms. The molecule has 3 aromatic carbocycles. The number of ether oxygens (including phenoxy) is 2. The molecule has 1 atom stereocenters. The Hall–Kier alpha value is -4.30. The van der Waals surface area contributed by atoms with E-state index in [0.717, 1.165) is 30.5 Å². The summed E-state index contributed by atoms with van der Waals surface area (Å²) in [6.07, 6.45) is 3.66. The minimum absolute atomic E-state index is 0.366. The Kier molecular flexibility index (Phi) is 6.25. The first-order chi connectivity index (χ1) is 18.5. The second-order valence-corrected chi connectivity index (χ2v) is 9.77. The number of carbonyl (C=O) groups excluding carboxylic acids is 2. The number of carbonyl (C=O) groups is 2. The molecule has 7 nitrogen and oxygen atoms in total. The van der Waals surface area contributed by atoms with Gasteiger partial charge in [0, 0.05) is 35.5 Å². The standard InChI is InChI=1S/C30H26FN3O4/c31-21-2-4-22(5-3-21)33-28(35)30(13-14-30)29(36)34-23-6-8-24(9-7-23)38-27-11-15-32-26-17-19(1-10-25(26)27)20-12-16-37-18-20/h1-11,15,17,20H,12-14,16,18H2,(H,33,35)(H,34,36). The van der Waals surface area contributed by atoms with Gasteiger partial charge in [0.15, 0.2) is 0 Å². The second-order valence-electron chi connectivity index (χ2n) is 9.77. The number of aromatic nitrogens is 1. The predicted octanol–water partition coefficient (Wildman–Crippen LogP) is 6.03. The number of fused-ring (bicyclic) bond motifs is 1. The van der Waals surface area contributed by atoms with E-state index in [1.54, 1.807) is 30.5 Å². The Bertz CT molecular complexity index is 1490. The quantitative estimate of drug-likeness (QED) is 0.296.